The van der Waals surface area contributed by atoms with Gasteiger partial charge in [-0.2, -0.15) is 0 Å². The minimum absolute atomic E-state index is 0.0205. The van der Waals surface area contributed by atoms with Gasteiger partial charge in [-0.05, 0) is 62.8 Å². The molecule has 0 bridgehead atoms. The second-order valence-electron chi connectivity index (χ2n) is 9.33. The van der Waals surface area contributed by atoms with Crippen molar-refractivity contribution in [3.8, 4) is 5.75 Å². The number of nitrogens with two attached hydrogens (primary N) is 4. The van der Waals surface area contributed by atoms with Gasteiger partial charge in [-0.25, -0.2) is 4.79 Å². The first kappa shape index (κ1) is 34.6. The van der Waals surface area contributed by atoms with E-state index >= 15 is 0 Å². The molecule has 0 aliphatic carbocycles. The van der Waals surface area contributed by atoms with Gasteiger partial charge < -0.3 is 54.2 Å². The van der Waals surface area contributed by atoms with Gasteiger partial charge in [-0.3, -0.25) is 24.2 Å². The standard InChI is InChI=1S/C25H40N8O8/c26-10-2-1-4-18(24(40)41)32-22(38)17(5-3-11-30-25(28)29)31-23(39)19(13-20(35)36)33-21(37)16(27)12-14-6-8-15(34)9-7-14/h6-9,16-19,34H,1-5,10-13,26-27H2,(H,31,39)(H,32,38)(H,33,37)(H,35,36)(H,40,41)(H4,28,29,30). The lowest BCUT2D eigenvalue weighted by atomic mass is 10.0. The Morgan fingerprint density at radius 3 is 1.93 bits per heavy atom. The Kier molecular flexibility index (Phi) is 15.2. The molecule has 1 aromatic rings. The van der Waals surface area contributed by atoms with Crippen LogP contribution in [0, 0.1) is 0 Å². The van der Waals surface area contributed by atoms with Gasteiger partial charge in [0.2, 0.25) is 17.7 Å². The van der Waals surface area contributed by atoms with E-state index in [0.29, 0.717) is 24.9 Å². The molecule has 0 fully saturated rings. The van der Waals surface area contributed by atoms with Crippen LogP contribution < -0.4 is 38.9 Å². The van der Waals surface area contributed by atoms with Crippen LogP contribution in [0.5, 0.6) is 5.75 Å². The first-order valence-corrected chi connectivity index (χ1v) is 13.0. The largest absolute Gasteiger partial charge is 0.508 e. The lowest BCUT2D eigenvalue weighted by molar-refractivity contribution is -0.143. The molecule has 14 N–H and O–H groups in total. The Bertz CT molecular complexity index is 1060. The van der Waals surface area contributed by atoms with Crippen molar-refractivity contribution in [2.45, 2.75) is 69.1 Å². The molecule has 228 valence electrons. The number of unbranched alkanes of at least 4 members (excludes halogenated alkanes) is 1. The summed E-state index contributed by atoms with van der Waals surface area (Å²) in [7, 11) is 0. The van der Waals surface area contributed by atoms with Crippen LogP contribution in [0.4, 0.5) is 0 Å². The van der Waals surface area contributed by atoms with Crippen molar-refractivity contribution in [3.05, 3.63) is 29.8 Å². The maximum absolute atomic E-state index is 13.1. The van der Waals surface area contributed by atoms with Crippen molar-refractivity contribution in [3.63, 3.8) is 0 Å². The molecular formula is C25H40N8O8. The average Bonchev–Trinajstić information content (AvgIpc) is 2.89. The van der Waals surface area contributed by atoms with Crippen LogP contribution in [0.25, 0.3) is 0 Å². The lowest BCUT2D eigenvalue weighted by Crippen LogP contribution is -2.57. The van der Waals surface area contributed by atoms with E-state index in [1.807, 2.05) is 0 Å². The van der Waals surface area contributed by atoms with Crippen molar-refractivity contribution in [2.75, 3.05) is 13.1 Å². The SMILES string of the molecule is NCCCCC(NC(=O)C(CCCN=C(N)N)NC(=O)C(CC(=O)O)NC(=O)C(N)Cc1ccc(O)cc1)C(=O)O. The number of carbonyl (C=O) groups is 5. The summed E-state index contributed by atoms with van der Waals surface area (Å²) in [6.45, 7) is 0.446. The Hall–Kier alpha value is -4.44. The third-order valence-electron chi connectivity index (χ3n) is 5.88. The molecule has 0 aromatic heterocycles. The third-order valence-corrected chi connectivity index (χ3v) is 5.88. The third kappa shape index (κ3) is 14.0. The number of aromatic hydroxyl groups is 1. The molecule has 3 amide bonds. The molecule has 41 heavy (non-hydrogen) atoms. The molecule has 16 heteroatoms. The number of nitrogens with zero attached hydrogens (tertiary/aromatic N) is 1. The highest BCUT2D eigenvalue weighted by atomic mass is 16.4. The number of benzene rings is 1. The van der Waals surface area contributed by atoms with Gasteiger partial charge in [0.1, 0.15) is 23.9 Å². The summed E-state index contributed by atoms with van der Waals surface area (Å²) < 4.78 is 0. The van der Waals surface area contributed by atoms with E-state index in [0.717, 1.165) is 0 Å². The number of amides is 3. The topological polar surface area (TPSA) is 299 Å². The zero-order chi connectivity index (χ0) is 30.9. The quantitative estimate of drug-likeness (QED) is 0.0460. The first-order valence-electron chi connectivity index (χ1n) is 13.0. The second-order valence-corrected chi connectivity index (χ2v) is 9.33. The van der Waals surface area contributed by atoms with Crippen LogP contribution in [-0.2, 0) is 30.4 Å². The number of guanidine groups is 1. The highest BCUT2D eigenvalue weighted by Crippen LogP contribution is 2.11. The van der Waals surface area contributed by atoms with Gasteiger partial charge in [0, 0.05) is 6.54 Å². The number of carbonyl (C=O) groups excluding carboxylic acids is 3. The van der Waals surface area contributed by atoms with Gasteiger partial charge in [0.05, 0.1) is 12.5 Å². The smallest absolute Gasteiger partial charge is 0.326 e. The van der Waals surface area contributed by atoms with Gasteiger partial charge in [-0.1, -0.05) is 12.1 Å². The molecule has 0 spiro atoms. The normalized spacial score (nSPS) is 13.6. The Morgan fingerprint density at radius 2 is 1.37 bits per heavy atom. The molecule has 0 saturated heterocycles. The lowest BCUT2D eigenvalue weighted by Gasteiger charge is -2.24. The molecule has 0 saturated carbocycles. The number of phenolic OH excluding ortho intramolecular Hbond substituents is 1. The van der Waals surface area contributed by atoms with E-state index in [4.69, 9.17) is 22.9 Å². The summed E-state index contributed by atoms with van der Waals surface area (Å²) in [5, 5.41) is 35.3. The van der Waals surface area contributed by atoms with Crippen molar-refractivity contribution in [1.29, 1.82) is 0 Å². The number of hydrogen-bond acceptors (Lipinski definition) is 9. The van der Waals surface area contributed by atoms with E-state index in [2.05, 4.69) is 20.9 Å². The van der Waals surface area contributed by atoms with Crippen molar-refractivity contribution in [1.82, 2.24) is 16.0 Å². The maximum Gasteiger partial charge on any atom is 0.326 e. The van der Waals surface area contributed by atoms with Gasteiger partial charge >= 0.3 is 11.9 Å². The molecule has 4 atom stereocenters. The number of aliphatic carboxylic acids is 2. The molecule has 1 aromatic carbocycles. The Balaban J connectivity index is 3.02. The van der Waals surface area contributed by atoms with Crippen LogP contribution >= 0.6 is 0 Å². The summed E-state index contributed by atoms with van der Waals surface area (Å²) in [6, 6.07) is 0.612. The van der Waals surface area contributed by atoms with E-state index in [9.17, 15) is 39.3 Å². The number of carboxylic acid groups (broad SMARTS) is 2. The number of carboxylic acids is 2. The monoisotopic (exact) mass is 580 g/mol. The molecular weight excluding hydrogens is 540 g/mol. The number of hydrogen-bond donors (Lipinski definition) is 10. The predicted molar refractivity (Wildman–Crippen MR) is 148 cm³/mol. The van der Waals surface area contributed by atoms with Crippen LogP contribution in [0.2, 0.25) is 0 Å². The summed E-state index contributed by atoms with van der Waals surface area (Å²) in [4.78, 5) is 65.7. The van der Waals surface area contributed by atoms with Gasteiger partial charge in [0.15, 0.2) is 5.96 Å². The van der Waals surface area contributed by atoms with Crippen LogP contribution in [0.15, 0.2) is 29.3 Å². The van der Waals surface area contributed by atoms with Crippen molar-refractivity contribution in [2.24, 2.45) is 27.9 Å². The van der Waals surface area contributed by atoms with Crippen molar-refractivity contribution >= 4 is 35.6 Å². The van der Waals surface area contributed by atoms with Gasteiger partial charge in [-0.15, -0.1) is 0 Å². The van der Waals surface area contributed by atoms with Crippen LogP contribution in [0.1, 0.15) is 44.1 Å². The minimum Gasteiger partial charge on any atom is -0.508 e. The Morgan fingerprint density at radius 1 is 0.805 bits per heavy atom. The fraction of sp³-hybridized carbons (Fsp3) is 0.520. The zero-order valence-corrected chi connectivity index (χ0v) is 22.6. The minimum atomic E-state index is -1.60. The number of rotatable bonds is 19. The molecule has 0 aliphatic heterocycles. The molecule has 0 aliphatic rings. The van der Waals surface area contributed by atoms with E-state index in [-0.39, 0.29) is 43.9 Å². The summed E-state index contributed by atoms with van der Waals surface area (Å²) in [5.74, 6) is -5.49. The fourth-order valence-electron chi connectivity index (χ4n) is 3.71. The van der Waals surface area contributed by atoms with E-state index in [1.165, 1.54) is 12.1 Å². The zero-order valence-electron chi connectivity index (χ0n) is 22.6. The summed E-state index contributed by atoms with van der Waals surface area (Å²) >= 11 is 0. The van der Waals surface area contributed by atoms with Crippen molar-refractivity contribution < 1.29 is 39.3 Å². The second kappa shape index (κ2) is 18.0. The Labute approximate surface area is 236 Å². The number of aliphatic imine (C=N–C) groups is 1. The summed E-state index contributed by atoms with van der Waals surface area (Å²) in [5.41, 5.74) is 22.6. The molecule has 0 heterocycles. The fourth-order valence-corrected chi connectivity index (χ4v) is 3.71. The molecule has 4 unspecified atom stereocenters. The summed E-state index contributed by atoms with van der Waals surface area (Å²) in [6.07, 6.45) is 0.471. The van der Waals surface area contributed by atoms with Gasteiger partial charge in [0.25, 0.3) is 0 Å². The maximum atomic E-state index is 13.1. The van der Waals surface area contributed by atoms with Crippen LogP contribution in [0.3, 0.4) is 0 Å². The highest BCUT2D eigenvalue weighted by molar-refractivity contribution is 5.95. The molecule has 16 nitrogen and oxygen atoms in total. The first-order chi connectivity index (χ1) is 19.3. The van der Waals surface area contributed by atoms with Crippen LogP contribution in [-0.4, -0.2) is 88.2 Å². The average molecular weight is 581 g/mol. The number of nitrogens with one attached hydrogen (secondary N) is 3. The predicted octanol–water partition coefficient (Wildman–Crippen LogP) is -2.54. The van der Waals surface area contributed by atoms with E-state index < -0.39 is 60.2 Å². The van der Waals surface area contributed by atoms with E-state index in [1.54, 1.807) is 12.1 Å². The number of phenols is 1. The molecule has 1 rings (SSSR count). The highest BCUT2D eigenvalue weighted by Gasteiger charge is 2.31. The molecule has 0 radical (unpaired) electrons.